The smallest absolute Gasteiger partial charge is 0.380 e. The summed E-state index contributed by atoms with van der Waals surface area (Å²) in [7, 11) is -4.58. The maximum absolute atomic E-state index is 14.0. The first-order chi connectivity index (χ1) is 18.6. The normalized spacial score (nSPS) is 26.3. The summed E-state index contributed by atoms with van der Waals surface area (Å²) in [6, 6.07) is 7.65. The van der Waals surface area contributed by atoms with Crippen molar-refractivity contribution in [2.24, 2.45) is 5.92 Å². The topological polar surface area (TPSA) is 185 Å². The molecule has 1 aliphatic rings. The van der Waals surface area contributed by atoms with Crippen LogP contribution in [0.4, 0.5) is 5.82 Å². The van der Waals surface area contributed by atoms with Crippen molar-refractivity contribution < 1.29 is 40.8 Å². The number of carbonyl (C=O) groups is 1. The van der Waals surface area contributed by atoms with Gasteiger partial charge in [-0.05, 0) is 43.5 Å². The molecule has 1 saturated heterocycles. The summed E-state index contributed by atoms with van der Waals surface area (Å²) >= 11 is 5.47. The number of anilines is 1. The molecule has 0 aliphatic carbocycles. The molecule has 13 nitrogen and oxygen atoms in total. The van der Waals surface area contributed by atoms with Gasteiger partial charge in [0.15, 0.2) is 6.23 Å². The molecule has 15 heteroatoms. The molecule has 38 heavy (non-hydrogen) atoms. The Labute approximate surface area is 226 Å². The molecule has 1 aliphatic heterocycles. The minimum absolute atomic E-state index is 0.0324. The lowest BCUT2D eigenvalue weighted by atomic mass is 9.95. The van der Waals surface area contributed by atoms with E-state index in [2.05, 4.69) is 16.0 Å². The number of hydrogen-bond donors (Lipinski definition) is 3. The Morgan fingerprint density at radius 1 is 1.39 bits per heavy atom. The average molecular weight is 573 g/mol. The number of rotatable bonds is 10. The lowest BCUT2D eigenvalue weighted by molar-refractivity contribution is -0.151. The highest BCUT2D eigenvalue weighted by molar-refractivity contribution is 7.54. The highest BCUT2D eigenvalue weighted by Crippen LogP contribution is 2.51. The first-order valence-electron chi connectivity index (χ1n) is 12.3. The van der Waals surface area contributed by atoms with Gasteiger partial charge in [0.1, 0.15) is 23.8 Å². The van der Waals surface area contributed by atoms with Crippen LogP contribution in [-0.2, 0) is 23.4 Å². The molecule has 206 valence electrons. The molecule has 4 N–H and O–H groups in total. The Hall–Kier alpha value is -2.98. The third kappa shape index (κ3) is 6.91. The van der Waals surface area contributed by atoms with Gasteiger partial charge in [-0.1, -0.05) is 25.1 Å². The van der Waals surface area contributed by atoms with Crippen LogP contribution in [0, 0.1) is 17.2 Å². The molecular weight excluding hydrogens is 543 g/mol. The monoisotopic (exact) mass is 572 g/mol. The molecule has 1 aromatic carbocycles. The Morgan fingerprint density at radius 3 is 2.68 bits per heavy atom. The van der Waals surface area contributed by atoms with Crippen LogP contribution >= 0.6 is 19.2 Å². The van der Waals surface area contributed by atoms with Gasteiger partial charge in [0, 0.05) is 5.38 Å². The first-order valence-corrected chi connectivity index (χ1v) is 13.4. The van der Waals surface area contributed by atoms with E-state index in [9.17, 15) is 24.4 Å². The van der Waals surface area contributed by atoms with Crippen molar-refractivity contribution in [1.82, 2.24) is 14.8 Å². The van der Waals surface area contributed by atoms with E-state index in [0.717, 1.165) is 6.20 Å². The van der Waals surface area contributed by atoms with E-state index >= 15 is 0 Å². The van der Waals surface area contributed by atoms with Crippen molar-refractivity contribution in [2.45, 2.75) is 50.9 Å². The number of hydrogen-bond acceptors (Lipinski definition) is 12. The average Bonchev–Trinajstić information content (AvgIpc) is 3.10. The highest BCUT2D eigenvalue weighted by Gasteiger charge is 2.57. The summed E-state index contributed by atoms with van der Waals surface area (Å²) in [5.74, 6) is 0.0522. The summed E-state index contributed by atoms with van der Waals surface area (Å²) in [5, 5.41) is 27.7. The number of aromatic nitrogens is 3. The molecular formula is C23H28ClN4O9P. The van der Waals surface area contributed by atoms with Gasteiger partial charge in [-0.15, -0.1) is 0 Å². The van der Waals surface area contributed by atoms with Crippen molar-refractivity contribution in [3.63, 3.8) is 0 Å². The zero-order valence-corrected chi connectivity index (χ0v) is 22.2. The zero-order valence-electron chi connectivity index (χ0n) is 22.6. The fourth-order valence-corrected chi connectivity index (χ4v) is 5.25. The molecule has 0 radical (unpaired) electrons. The SMILES string of the molecule is [2H]C([2H])(O[P@@](=O)(C[C@@H](C)C(=O)OC(C)C)Oc1ccccc1)[C@H]1O[C@@H](n2ncc(N)nc2=O)C(O)(C#CCl)[C@H]1O. The third-order valence-electron chi connectivity index (χ3n) is 5.14. The predicted octanol–water partition coefficient (Wildman–Crippen LogP) is 1.29. The fraction of sp³-hybridized carbons (Fsp3) is 0.478. The number of nitrogens with zero attached hydrogens (tertiary/aromatic N) is 3. The van der Waals surface area contributed by atoms with Gasteiger partial charge in [0.05, 0.1) is 33.7 Å². The van der Waals surface area contributed by atoms with E-state index in [-0.39, 0.29) is 11.6 Å². The number of para-hydroxylation sites is 1. The molecule has 1 aromatic heterocycles. The number of esters is 1. The molecule has 0 saturated carbocycles. The summed E-state index contributed by atoms with van der Waals surface area (Å²) in [6.45, 7) is 1.45. The summed E-state index contributed by atoms with van der Waals surface area (Å²) < 4.78 is 53.1. The predicted molar refractivity (Wildman–Crippen MR) is 135 cm³/mol. The molecule has 0 spiro atoms. The molecule has 6 atom stereocenters. The summed E-state index contributed by atoms with van der Waals surface area (Å²) in [4.78, 5) is 28.3. The lowest BCUT2D eigenvalue weighted by Gasteiger charge is -2.26. The van der Waals surface area contributed by atoms with E-state index in [1.165, 1.54) is 19.1 Å². The second-order valence-corrected chi connectivity index (χ2v) is 10.7. The first kappa shape index (κ1) is 26.6. The van der Waals surface area contributed by atoms with Crippen LogP contribution < -0.4 is 15.9 Å². The largest absolute Gasteiger partial charge is 0.463 e. The zero-order chi connectivity index (χ0) is 29.9. The maximum Gasteiger partial charge on any atom is 0.380 e. The maximum atomic E-state index is 14.0. The molecule has 2 heterocycles. The number of benzene rings is 1. The minimum atomic E-state index is -4.58. The third-order valence-corrected chi connectivity index (χ3v) is 7.10. The minimum Gasteiger partial charge on any atom is -0.463 e. The number of nitrogens with two attached hydrogens (primary N) is 1. The standard InChI is InChI=1S/C23H28ClN4O9P/c1-14(2)35-20(30)15(3)13-38(33,37-16-7-5-4-6-8-16)34-12-17-19(29)23(32,9-10-24)21(36-17)28-22(31)27-18(25)11-26-28/h4-8,11,14-15,17,19,21,29,32H,12-13H2,1-3H3,(H2,25,27,31)/t15-,17-,19+,21-,23?,38+/m1/s1/i12D2. The van der Waals surface area contributed by atoms with Crippen molar-refractivity contribution in [3.8, 4) is 17.0 Å². The number of ether oxygens (including phenoxy) is 2. The number of carbonyl (C=O) groups excluding carboxylic acids is 1. The van der Waals surface area contributed by atoms with E-state index in [1.807, 2.05) is 5.38 Å². The number of aliphatic hydroxyl groups excluding tert-OH is 1. The fourth-order valence-electron chi connectivity index (χ4n) is 3.39. The van der Waals surface area contributed by atoms with Gasteiger partial charge in [0.25, 0.3) is 0 Å². The Bertz CT molecular complexity index is 1390. The molecule has 1 fully saturated rings. The van der Waals surface area contributed by atoms with Crippen LogP contribution in [0.25, 0.3) is 0 Å². The molecule has 3 rings (SSSR count). The second kappa shape index (κ2) is 12.3. The van der Waals surface area contributed by atoms with Crippen LogP contribution in [-0.4, -0.2) is 67.6 Å². The van der Waals surface area contributed by atoms with E-state index in [1.54, 1.807) is 32.0 Å². The van der Waals surface area contributed by atoms with Crippen LogP contribution in [0.5, 0.6) is 5.75 Å². The summed E-state index contributed by atoms with van der Waals surface area (Å²) in [5.41, 5.74) is 1.62. The van der Waals surface area contributed by atoms with Gasteiger partial charge >= 0.3 is 19.3 Å². The Kier molecular flexibility index (Phi) is 8.58. The van der Waals surface area contributed by atoms with Crippen LogP contribution in [0.15, 0.2) is 41.3 Å². The van der Waals surface area contributed by atoms with Crippen molar-refractivity contribution in [1.29, 1.82) is 0 Å². The number of nitrogen functional groups attached to an aromatic ring is 1. The van der Waals surface area contributed by atoms with Gasteiger partial charge in [-0.3, -0.25) is 9.32 Å². The Morgan fingerprint density at radius 2 is 2.08 bits per heavy atom. The molecule has 2 aromatic rings. The van der Waals surface area contributed by atoms with E-state index < -0.39 is 68.0 Å². The number of halogens is 1. The van der Waals surface area contributed by atoms with Crippen LogP contribution in [0.1, 0.15) is 29.7 Å². The molecule has 0 bridgehead atoms. The van der Waals surface area contributed by atoms with Crippen molar-refractivity contribution in [2.75, 3.05) is 18.5 Å². The van der Waals surface area contributed by atoms with E-state index in [4.69, 9.17) is 38.6 Å². The number of aliphatic hydroxyl groups is 2. The molecule has 0 amide bonds. The lowest BCUT2D eigenvalue weighted by Crippen LogP contribution is -2.48. The molecule has 1 unspecified atom stereocenters. The van der Waals surface area contributed by atoms with Gasteiger partial charge < -0.3 is 29.9 Å². The van der Waals surface area contributed by atoms with Gasteiger partial charge in [-0.25, -0.2) is 9.36 Å². The quantitative estimate of drug-likeness (QED) is 0.211. The highest BCUT2D eigenvalue weighted by atomic mass is 35.5. The van der Waals surface area contributed by atoms with E-state index in [0.29, 0.717) is 4.68 Å². The van der Waals surface area contributed by atoms with Gasteiger partial charge in [0.2, 0.25) is 5.60 Å². The van der Waals surface area contributed by atoms with Crippen molar-refractivity contribution in [3.05, 3.63) is 47.0 Å². The second-order valence-electron chi connectivity index (χ2n) is 8.60. The summed E-state index contributed by atoms with van der Waals surface area (Å²) in [6.07, 6.45) is -6.49. The van der Waals surface area contributed by atoms with Crippen molar-refractivity contribution >= 4 is 31.0 Å². The van der Waals surface area contributed by atoms with Crippen LogP contribution in [0.3, 0.4) is 0 Å². The van der Waals surface area contributed by atoms with Crippen LogP contribution in [0.2, 0.25) is 0 Å². The van der Waals surface area contributed by atoms with Gasteiger partial charge in [-0.2, -0.15) is 14.8 Å². The Balaban J connectivity index is 1.99.